The average Bonchev–Trinajstić information content (AvgIpc) is 3.36. The highest BCUT2D eigenvalue weighted by atomic mass is 32.1. The summed E-state index contributed by atoms with van der Waals surface area (Å²) in [5, 5.41) is 3.35. The lowest BCUT2D eigenvalue weighted by Crippen LogP contribution is -2.12. The van der Waals surface area contributed by atoms with Gasteiger partial charge in [-0.2, -0.15) is 0 Å². The zero-order valence-corrected chi connectivity index (χ0v) is 17.2. The van der Waals surface area contributed by atoms with E-state index >= 15 is 0 Å². The molecule has 0 aliphatic carbocycles. The van der Waals surface area contributed by atoms with E-state index in [1.165, 1.54) is 23.2 Å². The van der Waals surface area contributed by atoms with Crippen molar-refractivity contribution in [3.63, 3.8) is 0 Å². The number of anilines is 1. The van der Waals surface area contributed by atoms with Gasteiger partial charge in [-0.3, -0.25) is 9.59 Å². The molecule has 1 atom stereocenters. The summed E-state index contributed by atoms with van der Waals surface area (Å²) in [5.41, 5.74) is 2.30. The van der Waals surface area contributed by atoms with Crippen molar-refractivity contribution in [1.82, 2.24) is 9.97 Å². The number of thiophene rings is 1. The molecule has 0 saturated carbocycles. The third kappa shape index (κ3) is 3.61. The number of carbonyl (C=O) groups excluding carboxylic acids is 1. The highest BCUT2D eigenvalue weighted by Crippen LogP contribution is 2.29. The fourth-order valence-electron chi connectivity index (χ4n) is 3.21. The number of hydrogen-bond donors (Lipinski definition) is 2. The van der Waals surface area contributed by atoms with Gasteiger partial charge in [-0.25, -0.2) is 4.98 Å². The van der Waals surface area contributed by atoms with E-state index in [0.29, 0.717) is 38.2 Å². The number of aryl methyl sites for hydroxylation is 1. The molecule has 29 heavy (non-hydrogen) atoms. The van der Waals surface area contributed by atoms with Crippen molar-refractivity contribution in [3.05, 3.63) is 69.0 Å². The number of H-pyrrole nitrogens is 1. The predicted molar refractivity (Wildman–Crippen MR) is 116 cm³/mol. The van der Waals surface area contributed by atoms with Crippen LogP contribution in [0.1, 0.15) is 47.0 Å². The molecular formula is C22H21N3O3S. The summed E-state index contributed by atoms with van der Waals surface area (Å²) in [5.74, 6) is 1.05. The van der Waals surface area contributed by atoms with Crippen LogP contribution in [0.25, 0.3) is 21.8 Å². The third-order valence-corrected chi connectivity index (χ3v) is 6.30. The smallest absolute Gasteiger partial charge is 0.266 e. The van der Waals surface area contributed by atoms with Gasteiger partial charge in [-0.05, 0) is 54.7 Å². The van der Waals surface area contributed by atoms with Gasteiger partial charge in [-0.1, -0.05) is 26.0 Å². The molecule has 3 heterocycles. The van der Waals surface area contributed by atoms with Gasteiger partial charge in [0.25, 0.3) is 11.5 Å². The summed E-state index contributed by atoms with van der Waals surface area (Å²) in [6.07, 6.45) is 2.58. The summed E-state index contributed by atoms with van der Waals surface area (Å²) in [6, 6.07) is 11.3. The van der Waals surface area contributed by atoms with Gasteiger partial charge in [0.15, 0.2) is 11.6 Å². The van der Waals surface area contributed by atoms with Gasteiger partial charge in [0.1, 0.15) is 4.83 Å². The summed E-state index contributed by atoms with van der Waals surface area (Å²) < 4.78 is 5.31. The van der Waals surface area contributed by atoms with E-state index in [9.17, 15) is 9.59 Å². The van der Waals surface area contributed by atoms with E-state index in [2.05, 4.69) is 29.1 Å². The second-order valence-corrected chi connectivity index (χ2v) is 8.01. The lowest BCUT2D eigenvalue weighted by atomic mass is 9.99. The van der Waals surface area contributed by atoms with Crippen LogP contribution < -0.4 is 10.9 Å². The van der Waals surface area contributed by atoms with Crippen LogP contribution in [0.3, 0.4) is 0 Å². The van der Waals surface area contributed by atoms with Crippen LogP contribution in [-0.4, -0.2) is 15.9 Å². The van der Waals surface area contributed by atoms with Crippen molar-refractivity contribution >= 4 is 33.1 Å². The number of benzene rings is 1. The minimum absolute atomic E-state index is 0.249. The molecule has 6 nitrogen and oxygen atoms in total. The Morgan fingerprint density at radius 3 is 2.69 bits per heavy atom. The molecule has 0 aliphatic rings. The minimum Gasteiger partial charge on any atom is -0.461 e. The Labute approximate surface area is 171 Å². The Bertz CT molecular complexity index is 1220. The Balaban J connectivity index is 1.65. The molecule has 0 spiro atoms. The highest BCUT2D eigenvalue weighted by Gasteiger charge is 2.20. The Morgan fingerprint density at radius 1 is 1.28 bits per heavy atom. The molecule has 3 aromatic heterocycles. The standard InChI is InChI=1S/C22H21N3O3S/c1-4-12(2)14-7-9-15(10-8-14)23-21(27)18-13(3)17-20(26)24-19(25-22(17)29-18)16-6-5-11-28-16/h5-12H,4H2,1-3H3,(H,23,27)(H,24,25,26). The molecular weight excluding hydrogens is 386 g/mol. The molecule has 4 aromatic rings. The van der Waals surface area contributed by atoms with Gasteiger partial charge >= 0.3 is 0 Å². The van der Waals surface area contributed by atoms with Gasteiger partial charge in [-0.15, -0.1) is 11.3 Å². The van der Waals surface area contributed by atoms with Crippen molar-refractivity contribution in [2.45, 2.75) is 33.1 Å². The molecule has 0 fully saturated rings. The lowest BCUT2D eigenvalue weighted by Gasteiger charge is -2.10. The molecule has 0 radical (unpaired) electrons. The number of aromatic nitrogens is 2. The summed E-state index contributed by atoms with van der Waals surface area (Å²) in [4.78, 5) is 33.6. The number of fused-ring (bicyclic) bond motifs is 1. The topological polar surface area (TPSA) is 88.0 Å². The largest absolute Gasteiger partial charge is 0.461 e. The zero-order chi connectivity index (χ0) is 20.5. The maximum atomic E-state index is 12.8. The minimum atomic E-state index is -0.285. The van der Waals surface area contributed by atoms with E-state index in [0.717, 1.165) is 12.1 Å². The Morgan fingerprint density at radius 2 is 2.03 bits per heavy atom. The van der Waals surface area contributed by atoms with Crippen molar-refractivity contribution in [3.8, 4) is 11.6 Å². The van der Waals surface area contributed by atoms with Crippen LogP contribution >= 0.6 is 11.3 Å². The van der Waals surface area contributed by atoms with Crippen molar-refractivity contribution < 1.29 is 9.21 Å². The normalized spacial score (nSPS) is 12.2. The van der Waals surface area contributed by atoms with Gasteiger partial charge in [0.05, 0.1) is 16.5 Å². The van der Waals surface area contributed by atoms with E-state index < -0.39 is 0 Å². The number of amides is 1. The van der Waals surface area contributed by atoms with Gasteiger partial charge in [0, 0.05) is 5.69 Å². The Kier molecular flexibility index (Phi) is 5.07. The monoisotopic (exact) mass is 407 g/mol. The maximum Gasteiger partial charge on any atom is 0.266 e. The molecule has 0 bridgehead atoms. The van der Waals surface area contributed by atoms with E-state index in [-0.39, 0.29) is 11.5 Å². The first-order chi connectivity index (χ1) is 14.0. The van der Waals surface area contributed by atoms with Crippen LogP contribution in [-0.2, 0) is 0 Å². The van der Waals surface area contributed by atoms with Crippen LogP contribution in [0.4, 0.5) is 5.69 Å². The van der Waals surface area contributed by atoms with Crippen molar-refractivity contribution in [2.75, 3.05) is 5.32 Å². The van der Waals surface area contributed by atoms with E-state index in [1.807, 2.05) is 24.3 Å². The molecule has 2 N–H and O–H groups in total. The van der Waals surface area contributed by atoms with Crippen LogP contribution in [0, 0.1) is 6.92 Å². The lowest BCUT2D eigenvalue weighted by molar-refractivity contribution is 0.103. The fourth-order valence-corrected chi connectivity index (χ4v) is 4.29. The average molecular weight is 407 g/mol. The van der Waals surface area contributed by atoms with Crippen LogP contribution in [0.2, 0.25) is 0 Å². The quantitative estimate of drug-likeness (QED) is 0.469. The van der Waals surface area contributed by atoms with Gasteiger partial charge < -0.3 is 14.7 Å². The first kappa shape index (κ1) is 19.1. The van der Waals surface area contributed by atoms with Gasteiger partial charge in [0.2, 0.25) is 0 Å². The number of nitrogens with zero attached hydrogens (tertiary/aromatic N) is 1. The van der Waals surface area contributed by atoms with Crippen LogP contribution in [0.5, 0.6) is 0 Å². The number of carbonyl (C=O) groups is 1. The molecule has 4 rings (SSSR count). The molecule has 0 saturated heterocycles. The molecule has 0 aliphatic heterocycles. The summed E-state index contributed by atoms with van der Waals surface area (Å²) in [7, 11) is 0. The third-order valence-electron chi connectivity index (χ3n) is 5.11. The van der Waals surface area contributed by atoms with Crippen molar-refractivity contribution in [2.24, 2.45) is 0 Å². The first-order valence-corrected chi connectivity index (χ1v) is 10.3. The maximum absolute atomic E-state index is 12.8. The van der Waals surface area contributed by atoms with E-state index in [1.54, 1.807) is 19.1 Å². The zero-order valence-electron chi connectivity index (χ0n) is 16.4. The molecule has 148 valence electrons. The molecule has 1 aromatic carbocycles. The number of hydrogen-bond acceptors (Lipinski definition) is 5. The Hall–Kier alpha value is -3.19. The second-order valence-electron chi connectivity index (χ2n) is 7.01. The number of rotatable bonds is 5. The van der Waals surface area contributed by atoms with E-state index in [4.69, 9.17) is 4.42 Å². The predicted octanol–water partition coefficient (Wildman–Crippen LogP) is 5.32. The number of furan rings is 1. The number of nitrogens with one attached hydrogen (secondary N) is 2. The molecule has 7 heteroatoms. The summed E-state index contributed by atoms with van der Waals surface area (Å²) in [6.45, 7) is 6.09. The second kappa shape index (κ2) is 7.67. The summed E-state index contributed by atoms with van der Waals surface area (Å²) >= 11 is 1.20. The van der Waals surface area contributed by atoms with Crippen LogP contribution in [0.15, 0.2) is 51.9 Å². The molecule has 1 unspecified atom stereocenters. The molecule has 1 amide bonds. The first-order valence-electron chi connectivity index (χ1n) is 9.46. The highest BCUT2D eigenvalue weighted by molar-refractivity contribution is 7.20. The number of aromatic amines is 1. The fraction of sp³-hybridized carbons (Fsp3) is 0.227. The SMILES string of the molecule is CCC(C)c1ccc(NC(=O)c2sc3nc(-c4ccco4)[nH]c(=O)c3c2C)cc1. The van der Waals surface area contributed by atoms with Crippen molar-refractivity contribution in [1.29, 1.82) is 0 Å².